The smallest absolute Gasteiger partial charge is 0.351 e. The molecule has 1 N–H and O–H groups in total. The highest BCUT2D eigenvalue weighted by molar-refractivity contribution is 5.93. The van der Waals surface area contributed by atoms with Crippen LogP contribution >= 0.6 is 0 Å². The van der Waals surface area contributed by atoms with Gasteiger partial charge in [0.25, 0.3) is 0 Å². The Morgan fingerprint density at radius 2 is 1.48 bits per heavy atom. The molecule has 0 aromatic heterocycles. The molecule has 0 fully saturated rings. The number of hydrogen-bond acceptors (Lipinski definition) is 9. The molecule has 23 heavy (non-hydrogen) atoms. The summed E-state index contributed by atoms with van der Waals surface area (Å²) in [6.45, 7) is 5.23. The topological polar surface area (TPSA) is 125 Å². The van der Waals surface area contributed by atoms with Gasteiger partial charge < -0.3 is 24.1 Å². The van der Waals surface area contributed by atoms with E-state index in [0.29, 0.717) is 0 Å². The first-order valence-electron chi connectivity index (χ1n) is 7.11. The molecule has 0 amide bonds. The first kappa shape index (κ1) is 20.8. The van der Waals surface area contributed by atoms with E-state index in [1.165, 1.54) is 20.8 Å². The number of carbonyl (C=O) groups is 4. The molecule has 9 heteroatoms. The SMILES string of the molecule is CCOC(=O)CC(O)(C(=O)OCC)C(OC(C)=O)C(=O)OCC. The fraction of sp³-hybridized carbons (Fsp3) is 0.714. The number of rotatable bonds is 9. The molecule has 9 nitrogen and oxygen atoms in total. The van der Waals surface area contributed by atoms with Gasteiger partial charge in [0.15, 0.2) is 0 Å². The molecule has 0 rings (SSSR count). The molecule has 0 radical (unpaired) electrons. The monoisotopic (exact) mass is 334 g/mol. The van der Waals surface area contributed by atoms with E-state index in [1.54, 1.807) is 0 Å². The first-order chi connectivity index (χ1) is 10.7. The van der Waals surface area contributed by atoms with Gasteiger partial charge in [0.2, 0.25) is 11.7 Å². The lowest BCUT2D eigenvalue weighted by atomic mass is 9.92. The van der Waals surface area contributed by atoms with Crippen molar-refractivity contribution in [2.75, 3.05) is 19.8 Å². The number of carbonyl (C=O) groups excluding carboxylic acids is 4. The van der Waals surface area contributed by atoms with Crippen molar-refractivity contribution in [3.63, 3.8) is 0 Å². The fourth-order valence-electron chi connectivity index (χ4n) is 1.68. The number of hydrogen-bond donors (Lipinski definition) is 1. The Hall–Kier alpha value is -2.16. The standard InChI is InChI=1S/C14H22O9/c1-5-20-10(16)8-14(19,13(18)22-7-3)11(23-9(4)15)12(17)21-6-2/h11,19H,5-8H2,1-4H3. The van der Waals surface area contributed by atoms with Crippen LogP contribution in [0, 0.1) is 0 Å². The van der Waals surface area contributed by atoms with Crippen LogP contribution in [0.1, 0.15) is 34.1 Å². The van der Waals surface area contributed by atoms with Gasteiger partial charge in [-0.3, -0.25) is 9.59 Å². The second-order valence-corrected chi connectivity index (χ2v) is 4.37. The summed E-state index contributed by atoms with van der Waals surface area (Å²) < 4.78 is 18.7. The summed E-state index contributed by atoms with van der Waals surface area (Å²) in [5.41, 5.74) is -2.75. The third kappa shape index (κ3) is 6.23. The van der Waals surface area contributed by atoms with Gasteiger partial charge in [-0.15, -0.1) is 0 Å². The largest absolute Gasteiger partial charge is 0.466 e. The summed E-state index contributed by atoms with van der Waals surface area (Å²) in [4.78, 5) is 46.9. The zero-order valence-electron chi connectivity index (χ0n) is 13.6. The molecule has 0 aromatic rings. The maximum absolute atomic E-state index is 12.1. The van der Waals surface area contributed by atoms with Crippen molar-refractivity contribution in [2.45, 2.75) is 45.8 Å². The van der Waals surface area contributed by atoms with Gasteiger partial charge in [0.05, 0.1) is 26.2 Å². The Balaban J connectivity index is 5.69. The molecule has 0 aliphatic rings. The van der Waals surface area contributed by atoms with Crippen molar-refractivity contribution in [2.24, 2.45) is 0 Å². The van der Waals surface area contributed by atoms with Crippen LogP contribution in [0.4, 0.5) is 0 Å². The molecule has 2 atom stereocenters. The zero-order valence-corrected chi connectivity index (χ0v) is 13.6. The summed E-state index contributed by atoms with van der Waals surface area (Å²) in [6.07, 6.45) is -2.99. The molecule has 0 aliphatic heterocycles. The Kier molecular flexibility index (Phi) is 8.86. The summed E-state index contributed by atoms with van der Waals surface area (Å²) in [7, 11) is 0. The summed E-state index contributed by atoms with van der Waals surface area (Å²) in [5, 5.41) is 10.6. The molecule has 0 saturated carbocycles. The van der Waals surface area contributed by atoms with Gasteiger partial charge in [0.1, 0.15) is 0 Å². The van der Waals surface area contributed by atoms with Crippen LogP contribution in [0.5, 0.6) is 0 Å². The quantitative estimate of drug-likeness (QED) is 0.448. The minimum atomic E-state index is -2.75. The van der Waals surface area contributed by atoms with Gasteiger partial charge >= 0.3 is 23.9 Å². The minimum absolute atomic E-state index is 0.00459. The molecule has 0 aromatic carbocycles. The van der Waals surface area contributed by atoms with Gasteiger partial charge in [-0.05, 0) is 20.8 Å². The van der Waals surface area contributed by atoms with Gasteiger partial charge in [-0.1, -0.05) is 0 Å². The Bertz CT molecular complexity index is 446. The Morgan fingerprint density at radius 3 is 1.91 bits per heavy atom. The van der Waals surface area contributed by atoms with E-state index in [2.05, 4.69) is 14.2 Å². The second-order valence-electron chi connectivity index (χ2n) is 4.37. The lowest BCUT2D eigenvalue weighted by molar-refractivity contribution is -0.202. The predicted octanol–water partition coefficient (Wildman–Crippen LogP) is -0.271. The highest BCUT2D eigenvalue weighted by Crippen LogP contribution is 2.23. The van der Waals surface area contributed by atoms with Crippen LogP contribution in [-0.4, -0.2) is 60.5 Å². The average Bonchev–Trinajstić information content (AvgIpc) is 2.45. The lowest BCUT2D eigenvalue weighted by Gasteiger charge is -2.30. The van der Waals surface area contributed by atoms with Gasteiger partial charge in [-0.2, -0.15) is 0 Å². The highest BCUT2D eigenvalue weighted by Gasteiger charge is 2.54. The van der Waals surface area contributed by atoms with Crippen LogP contribution in [0.3, 0.4) is 0 Å². The molecule has 0 saturated heterocycles. The fourth-order valence-corrected chi connectivity index (χ4v) is 1.68. The Labute approximate surface area is 133 Å². The predicted molar refractivity (Wildman–Crippen MR) is 75.0 cm³/mol. The van der Waals surface area contributed by atoms with Crippen molar-refractivity contribution in [1.82, 2.24) is 0 Å². The third-order valence-corrected chi connectivity index (χ3v) is 2.57. The van der Waals surface area contributed by atoms with E-state index < -0.39 is 42.0 Å². The van der Waals surface area contributed by atoms with E-state index >= 15 is 0 Å². The van der Waals surface area contributed by atoms with Crippen molar-refractivity contribution in [3.05, 3.63) is 0 Å². The summed E-state index contributed by atoms with van der Waals surface area (Å²) in [6, 6.07) is 0. The van der Waals surface area contributed by atoms with Crippen LogP contribution < -0.4 is 0 Å². The number of esters is 4. The lowest BCUT2D eigenvalue weighted by Crippen LogP contribution is -2.57. The first-order valence-corrected chi connectivity index (χ1v) is 7.11. The van der Waals surface area contributed by atoms with Crippen LogP contribution in [0.2, 0.25) is 0 Å². The maximum atomic E-state index is 12.1. The van der Waals surface area contributed by atoms with E-state index in [0.717, 1.165) is 6.92 Å². The molecular weight excluding hydrogens is 312 g/mol. The average molecular weight is 334 g/mol. The highest BCUT2D eigenvalue weighted by atomic mass is 16.6. The Morgan fingerprint density at radius 1 is 0.957 bits per heavy atom. The third-order valence-electron chi connectivity index (χ3n) is 2.57. The van der Waals surface area contributed by atoms with Gasteiger partial charge in [0, 0.05) is 6.92 Å². The van der Waals surface area contributed by atoms with E-state index in [-0.39, 0.29) is 19.8 Å². The number of aliphatic hydroxyl groups is 1. The molecule has 0 spiro atoms. The summed E-state index contributed by atoms with van der Waals surface area (Å²) in [5.74, 6) is -4.39. The van der Waals surface area contributed by atoms with Crippen molar-refractivity contribution in [1.29, 1.82) is 0 Å². The molecule has 132 valence electrons. The molecule has 0 heterocycles. The molecule has 2 unspecified atom stereocenters. The number of ether oxygens (including phenoxy) is 4. The maximum Gasteiger partial charge on any atom is 0.351 e. The van der Waals surface area contributed by atoms with E-state index in [9.17, 15) is 24.3 Å². The molecular formula is C14H22O9. The van der Waals surface area contributed by atoms with Crippen LogP contribution in [0.15, 0.2) is 0 Å². The normalized spacial score (nSPS) is 14.1. The second kappa shape index (κ2) is 9.78. The van der Waals surface area contributed by atoms with E-state index in [1.807, 2.05) is 0 Å². The van der Waals surface area contributed by atoms with Crippen molar-refractivity contribution in [3.8, 4) is 0 Å². The molecule has 0 bridgehead atoms. The minimum Gasteiger partial charge on any atom is -0.466 e. The van der Waals surface area contributed by atoms with Crippen LogP contribution in [-0.2, 0) is 38.1 Å². The summed E-state index contributed by atoms with van der Waals surface area (Å²) >= 11 is 0. The zero-order chi connectivity index (χ0) is 18.0. The van der Waals surface area contributed by atoms with Gasteiger partial charge in [-0.25, -0.2) is 9.59 Å². The van der Waals surface area contributed by atoms with Crippen molar-refractivity contribution >= 4 is 23.9 Å². The van der Waals surface area contributed by atoms with Crippen LogP contribution in [0.25, 0.3) is 0 Å². The van der Waals surface area contributed by atoms with Crippen molar-refractivity contribution < 1.29 is 43.2 Å². The van der Waals surface area contributed by atoms with E-state index in [4.69, 9.17) is 4.74 Å². The molecule has 0 aliphatic carbocycles.